The molecular weight excluding hydrogens is 280 g/mol. The molecule has 1 fully saturated rings. The average Bonchev–Trinajstić information content (AvgIpc) is 2.39. The third-order valence-electron chi connectivity index (χ3n) is 3.66. The highest BCUT2D eigenvalue weighted by atomic mass is 16.6. The Morgan fingerprint density at radius 1 is 1.18 bits per heavy atom. The molecule has 0 radical (unpaired) electrons. The van der Waals surface area contributed by atoms with Crippen molar-refractivity contribution in [2.24, 2.45) is 0 Å². The van der Waals surface area contributed by atoms with Crippen LogP contribution in [0.1, 0.15) is 46.5 Å². The van der Waals surface area contributed by atoms with Gasteiger partial charge in [0.05, 0.1) is 0 Å². The monoisotopic (exact) mass is 306 g/mol. The van der Waals surface area contributed by atoms with E-state index in [2.05, 4.69) is 10.6 Å². The largest absolute Gasteiger partial charge is 0.508 e. The number of phenolic OH excluding ortho intramolecular Hbond substituents is 1. The van der Waals surface area contributed by atoms with E-state index >= 15 is 0 Å². The molecule has 1 amide bonds. The van der Waals surface area contributed by atoms with Gasteiger partial charge in [-0.25, -0.2) is 4.79 Å². The first-order valence-electron chi connectivity index (χ1n) is 7.87. The van der Waals surface area contributed by atoms with Crippen molar-refractivity contribution in [3.8, 4) is 5.75 Å². The molecule has 1 saturated carbocycles. The van der Waals surface area contributed by atoms with Crippen LogP contribution in [-0.4, -0.2) is 28.9 Å². The third-order valence-corrected chi connectivity index (χ3v) is 3.66. The van der Waals surface area contributed by atoms with Gasteiger partial charge in [-0.05, 0) is 58.6 Å². The Hall–Kier alpha value is -1.91. The van der Waals surface area contributed by atoms with Crippen LogP contribution in [0.15, 0.2) is 24.3 Å². The molecule has 122 valence electrons. The van der Waals surface area contributed by atoms with E-state index in [1.807, 2.05) is 32.9 Å². The van der Waals surface area contributed by atoms with E-state index in [1.165, 1.54) is 0 Å². The van der Waals surface area contributed by atoms with Gasteiger partial charge in [0.15, 0.2) is 0 Å². The molecule has 3 N–H and O–H groups in total. The molecule has 1 aliphatic rings. The van der Waals surface area contributed by atoms with Gasteiger partial charge >= 0.3 is 6.09 Å². The Kier molecular flexibility index (Phi) is 5.16. The molecule has 5 nitrogen and oxygen atoms in total. The zero-order valence-electron chi connectivity index (χ0n) is 13.6. The van der Waals surface area contributed by atoms with Gasteiger partial charge in [-0.1, -0.05) is 6.07 Å². The molecule has 5 heteroatoms. The second-order valence-corrected chi connectivity index (χ2v) is 6.89. The molecule has 0 bridgehead atoms. The highest BCUT2D eigenvalue weighted by Crippen LogP contribution is 2.24. The summed E-state index contributed by atoms with van der Waals surface area (Å²) in [5, 5.41) is 15.8. The van der Waals surface area contributed by atoms with Crippen LogP contribution in [0, 0.1) is 0 Å². The Morgan fingerprint density at radius 3 is 2.41 bits per heavy atom. The number of benzene rings is 1. The molecule has 0 atom stereocenters. The lowest BCUT2D eigenvalue weighted by atomic mass is 9.91. The zero-order valence-corrected chi connectivity index (χ0v) is 13.6. The predicted molar refractivity (Wildman–Crippen MR) is 87.1 cm³/mol. The smallest absolute Gasteiger partial charge is 0.407 e. The number of carbonyl (C=O) groups is 1. The number of nitrogens with one attached hydrogen (secondary N) is 2. The summed E-state index contributed by atoms with van der Waals surface area (Å²) in [6.45, 7) is 5.59. The van der Waals surface area contributed by atoms with E-state index in [0.717, 1.165) is 31.4 Å². The Balaban J connectivity index is 1.75. The number of carbonyl (C=O) groups excluding carboxylic acids is 1. The molecule has 1 aliphatic carbocycles. The van der Waals surface area contributed by atoms with Crippen molar-refractivity contribution in [3.05, 3.63) is 24.3 Å². The first kappa shape index (κ1) is 16.5. The van der Waals surface area contributed by atoms with Gasteiger partial charge in [0.25, 0.3) is 0 Å². The van der Waals surface area contributed by atoms with Crippen molar-refractivity contribution >= 4 is 11.8 Å². The predicted octanol–water partition coefficient (Wildman–Crippen LogP) is 3.64. The van der Waals surface area contributed by atoms with Crippen molar-refractivity contribution in [2.45, 2.75) is 64.1 Å². The number of amides is 1. The molecule has 0 saturated heterocycles. The van der Waals surface area contributed by atoms with Crippen LogP contribution in [0.4, 0.5) is 10.5 Å². The molecule has 0 heterocycles. The van der Waals surface area contributed by atoms with Gasteiger partial charge in [-0.3, -0.25) is 0 Å². The van der Waals surface area contributed by atoms with Crippen molar-refractivity contribution in [1.29, 1.82) is 0 Å². The molecule has 0 spiro atoms. The molecule has 0 unspecified atom stereocenters. The number of hydrogen-bond donors (Lipinski definition) is 3. The fraction of sp³-hybridized carbons (Fsp3) is 0.588. The molecule has 1 aromatic rings. The lowest BCUT2D eigenvalue weighted by Crippen LogP contribution is -2.42. The summed E-state index contributed by atoms with van der Waals surface area (Å²) in [5.41, 5.74) is 0.474. The van der Waals surface area contributed by atoms with Crippen LogP contribution in [0.2, 0.25) is 0 Å². The first-order valence-corrected chi connectivity index (χ1v) is 7.87. The van der Waals surface area contributed by atoms with E-state index in [-0.39, 0.29) is 17.9 Å². The summed E-state index contributed by atoms with van der Waals surface area (Å²) in [6.07, 6.45) is 3.48. The van der Waals surface area contributed by atoms with E-state index in [1.54, 1.807) is 12.1 Å². The number of phenols is 1. The Morgan fingerprint density at radius 2 is 1.82 bits per heavy atom. The van der Waals surface area contributed by atoms with E-state index in [4.69, 9.17) is 4.74 Å². The SMILES string of the molecule is CC(C)(C)OC(=O)NC1CCC(Nc2cccc(O)c2)CC1. The average molecular weight is 306 g/mol. The topological polar surface area (TPSA) is 70.6 Å². The number of rotatable bonds is 3. The van der Waals surface area contributed by atoms with Crippen LogP contribution in [0.25, 0.3) is 0 Å². The highest BCUT2D eigenvalue weighted by molar-refractivity contribution is 5.68. The zero-order chi connectivity index (χ0) is 16.2. The molecule has 0 aromatic heterocycles. The maximum absolute atomic E-state index is 11.8. The van der Waals surface area contributed by atoms with Gasteiger partial charge in [0.1, 0.15) is 11.4 Å². The minimum Gasteiger partial charge on any atom is -0.508 e. The van der Waals surface area contributed by atoms with Crippen LogP contribution in [0.3, 0.4) is 0 Å². The first-order chi connectivity index (χ1) is 10.3. The summed E-state index contributed by atoms with van der Waals surface area (Å²) in [7, 11) is 0. The number of anilines is 1. The van der Waals surface area contributed by atoms with Gasteiger partial charge in [0.2, 0.25) is 0 Å². The van der Waals surface area contributed by atoms with Gasteiger partial charge in [-0.2, -0.15) is 0 Å². The number of aromatic hydroxyl groups is 1. The molecule has 0 aliphatic heterocycles. The summed E-state index contributed by atoms with van der Waals surface area (Å²) < 4.78 is 5.28. The van der Waals surface area contributed by atoms with Crippen molar-refractivity contribution in [3.63, 3.8) is 0 Å². The summed E-state index contributed by atoms with van der Waals surface area (Å²) in [5.74, 6) is 0.269. The third kappa shape index (κ3) is 5.47. The summed E-state index contributed by atoms with van der Waals surface area (Å²) in [6, 6.07) is 7.71. The summed E-state index contributed by atoms with van der Waals surface area (Å²) >= 11 is 0. The van der Waals surface area contributed by atoms with Crippen LogP contribution in [0.5, 0.6) is 5.75 Å². The second-order valence-electron chi connectivity index (χ2n) is 6.89. The molecular formula is C17H26N2O3. The highest BCUT2D eigenvalue weighted by Gasteiger charge is 2.24. The Labute approximate surface area is 132 Å². The van der Waals surface area contributed by atoms with Gasteiger partial charge in [-0.15, -0.1) is 0 Å². The number of ether oxygens (including phenoxy) is 1. The maximum atomic E-state index is 11.8. The van der Waals surface area contributed by atoms with Gasteiger partial charge in [0, 0.05) is 23.8 Å². The summed E-state index contributed by atoms with van der Waals surface area (Å²) in [4.78, 5) is 11.8. The fourth-order valence-electron chi connectivity index (χ4n) is 2.69. The lowest BCUT2D eigenvalue weighted by Gasteiger charge is -2.31. The van der Waals surface area contributed by atoms with E-state index in [0.29, 0.717) is 6.04 Å². The van der Waals surface area contributed by atoms with E-state index < -0.39 is 5.60 Å². The van der Waals surface area contributed by atoms with Crippen molar-refractivity contribution in [1.82, 2.24) is 5.32 Å². The van der Waals surface area contributed by atoms with Crippen LogP contribution >= 0.6 is 0 Å². The van der Waals surface area contributed by atoms with Crippen molar-refractivity contribution in [2.75, 3.05) is 5.32 Å². The second kappa shape index (κ2) is 6.90. The van der Waals surface area contributed by atoms with E-state index in [9.17, 15) is 9.90 Å². The minimum atomic E-state index is -0.460. The molecule has 2 rings (SSSR count). The van der Waals surface area contributed by atoms with Crippen molar-refractivity contribution < 1.29 is 14.6 Å². The molecule has 1 aromatic carbocycles. The molecule has 22 heavy (non-hydrogen) atoms. The van der Waals surface area contributed by atoms with Gasteiger partial charge < -0.3 is 20.5 Å². The minimum absolute atomic E-state index is 0.178. The number of alkyl carbamates (subject to hydrolysis) is 1. The standard InChI is InChI=1S/C17H26N2O3/c1-17(2,3)22-16(21)19-13-9-7-12(8-10-13)18-14-5-4-6-15(20)11-14/h4-6,11-13,18,20H,7-10H2,1-3H3,(H,19,21). The van der Waals surface area contributed by atoms with Crippen LogP contribution < -0.4 is 10.6 Å². The normalized spacial score (nSPS) is 22.0. The van der Waals surface area contributed by atoms with Crippen LogP contribution in [-0.2, 0) is 4.74 Å². The number of hydrogen-bond acceptors (Lipinski definition) is 4. The fourth-order valence-corrected chi connectivity index (χ4v) is 2.69. The Bertz CT molecular complexity index is 503. The lowest BCUT2D eigenvalue weighted by molar-refractivity contribution is 0.0492. The maximum Gasteiger partial charge on any atom is 0.407 e. The quantitative estimate of drug-likeness (QED) is 0.797.